The fourth-order valence-electron chi connectivity index (χ4n) is 3.72. The molecule has 1 saturated carbocycles. The van der Waals surface area contributed by atoms with Gasteiger partial charge in [-0.1, -0.05) is 36.8 Å². The van der Waals surface area contributed by atoms with E-state index in [0.29, 0.717) is 26.2 Å². The zero-order valence-electron chi connectivity index (χ0n) is 16.2. The predicted molar refractivity (Wildman–Crippen MR) is 112 cm³/mol. The summed E-state index contributed by atoms with van der Waals surface area (Å²) in [7, 11) is 0. The second-order valence-electron chi connectivity index (χ2n) is 7.37. The van der Waals surface area contributed by atoms with Crippen LogP contribution in [0.2, 0.25) is 0 Å². The summed E-state index contributed by atoms with van der Waals surface area (Å²) in [5, 5.41) is 0.383. The molecule has 0 radical (unpaired) electrons. The summed E-state index contributed by atoms with van der Waals surface area (Å²) in [6.07, 6.45) is 6.44. The average Bonchev–Trinajstić information content (AvgIpc) is 3.08. The van der Waals surface area contributed by atoms with Gasteiger partial charge in [0.1, 0.15) is 15.8 Å². The van der Waals surface area contributed by atoms with Crippen LogP contribution in [0.15, 0.2) is 41.5 Å². The minimum absolute atomic E-state index is 0.0472. The number of benzene rings is 1. The zero-order chi connectivity index (χ0) is 20.4. The molecular formula is C22H22N2O4S. The highest BCUT2D eigenvalue weighted by Crippen LogP contribution is 2.29. The van der Waals surface area contributed by atoms with Crippen molar-refractivity contribution in [3.05, 3.63) is 63.0 Å². The Morgan fingerprint density at radius 2 is 1.90 bits per heavy atom. The zero-order valence-corrected chi connectivity index (χ0v) is 17.0. The van der Waals surface area contributed by atoms with Gasteiger partial charge in [0, 0.05) is 5.56 Å². The van der Waals surface area contributed by atoms with Crippen molar-refractivity contribution in [2.45, 2.75) is 51.7 Å². The van der Waals surface area contributed by atoms with E-state index in [-0.39, 0.29) is 30.0 Å². The lowest BCUT2D eigenvalue weighted by Crippen LogP contribution is -2.24. The summed E-state index contributed by atoms with van der Waals surface area (Å²) >= 11 is 1.17. The van der Waals surface area contributed by atoms with Gasteiger partial charge in [0.05, 0.1) is 18.3 Å². The molecule has 1 aromatic carbocycles. The first-order valence-corrected chi connectivity index (χ1v) is 10.6. The number of aryl methyl sites for hydroxylation is 1. The number of nitrogens with zero attached hydrogens (tertiary/aromatic N) is 2. The highest BCUT2D eigenvalue weighted by Gasteiger charge is 2.24. The van der Waals surface area contributed by atoms with Crippen molar-refractivity contribution in [1.29, 1.82) is 0 Å². The number of aromatic nitrogens is 2. The third-order valence-electron chi connectivity index (χ3n) is 5.34. The number of Topliss-reactive ketones (excluding diaryl/α,β-unsaturated/α-hetero) is 1. The molecule has 6 nitrogen and oxygen atoms in total. The molecular weight excluding hydrogens is 388 g/mol. The first kappa shape index (κ1) is 19.5. The minimum atomic E-state index is -0.385. The van der Waals surface area contributed by atoms with E-state index >= 15 is 0 Å². The number of carbonyl (C=O) groups is 2. The molecule has 1 aliphatic carbocycles. The lowest BCUT2D eigenvalue weighted by molar-refractivity contribution is 0.0216. The molecule has 0 spiro atoms. The number of ketones is 1. The molecule has 0 atom stereocenters. The summed E-state index contributed by atoms with van der Waals surface area (Å²) in [6.45, 7) is 1.64. The van der Waals surface area contributed by atoms with Crippen molar-refractivity contribution >= 4 is 33.3 Å². The monoisotopic (exact) mass is 410 g/mol. The highest BCUT2D eigenvalue weighted by molar-refractivity contribution is 7.20. The molecule has 3 aromatic rings. The largest absolute Gasteiger partial charge is 0.458 e. The van der Waals surface area contributed by atoms with E-state index in [1.165, 1.54) is 28.7 Å². The van der Waals surface area contributed by atoms with Crippen LogP contribution in [0, 0.1) is 6.92 Å². The molecule has 29 heavy (non-hydrogen) atoms. The smallest absolute Gasteiger partial charge is 0.348 e. The van der Waals surface area contributed by atoms with Gasteiger partial charge in [-0.3, -0.25) is 14.2 Å². The van der Waals surface area contributed by atoms with E-state index in [9.17, 15) is 14.4 Å². The quantitative estimate of drug-likeness (QED) is 0.467. The van der Waals surface area contributed by atoms with Gasteiger partial charge in [0.15, 0.2) is 5.78 Å². The van der Waals surface area contributed by atoms with E-state index in [2.05, 4.69) is 4.98 Å². The Hall–Kier alpha value is -2.80. The Morgan fingerprint density at radius 1 is 1.17 bits per heavy atom. The number of hydrogen-bond donors (Lipinski definition) is 0. The van der Waals surface area contributed by atoms with E-state index in [1.54, 1.807) is 31.2 Å². The van der Waals surface area contributed by atoms with E-state index < -0.39 is 0 Å². The maximum atomic E-state index is 13.0. The Morgan fingerprint density at radius 3 is 2.62 bits per heavy atom. The lowest BCUT2D eigenvalue weighted by Gasteiger charge is -2.21. The molecule has 1 fully saturated rings. The average molecular weight is 410 g/mol. The number of thiophene rings is 1. The third kappa shape index (κ3) is 4.00. The van der Waals surface area contributed by atoms with Crippen LogP contribution in [0.5, 0.6) is 0 Å². The van der Waals surface area contributed by atoms with Crippen LogP contribution in [0.3, 0.4) is 0 Å². The van der Waals surface area contributed by atoms with Gasteiger partial charge in [-0.15, -0.1) is 11.3 Å². The van der Waals surface area contributed by atoms with Crippen LogP contribution in [-0.2, 0) is 11.3 Å². The summed E-state index contributed by atoms with van der Waals surface area (Å²) in [5.74, 6) is -0.553. The van der Waals surface area contributed by atoms with E-state index in [4.69, 9.17) is 4.74 Å². The van der Waals surface area contributed by atoms with Crippen molar-refractivity contribution in [3.8, 4) is 0 Å². The predicted octanol–water partition coefficient (Wildman–Crippen LogP) is 4.14. The Kier molecular flexibility index (Phi) is 5.58. The van der Waals surface area contributed by atoms with Crippen LogP contribution >= 0.6 is 11.3 Å². The van der Waals surface area contributed by atoms with Crippen molar-refractivity contribution in [1.82, 2.24) is 9.55 Å². The molecule has 2 heterocycles. The summed E-state index contributed by atoms with van der Waals surface area (Å²) < 4.78 is 6.96. The normalized spacial score (nSPS) is 14.8. The van der Waals surface area contributed by atoms with Crippen LogP contribution in [0.1, 0.15) is 57.7 Å². The first-order valence-electron chi connectivity index (χ1n) is 9.82. The SMILES string of the molecule is Cc1c(C(=O)OC2CCCCC2)sc2ncn(CC(=O)c3ccccc3)c(=O)c12. The second kappa shape index (κ2) is 8.29. The van der Waals surface area contributed by atoms with Crippen LogP contribution in [-0.4, -0.2) is 27.4 Å². The number of rotatable bonds is 5. The number of ether oxygens (including phenoxy) is 1. The van der Waals surface area contributed by atoms with Gasteiger partial charge in [0.25, 0.3) is 5.56 Å². The Balaban J connectivity index is 1.61. The van der Waals surface area contributed by atoms with Crippen LogP contribution in [0.25, 0.3) is 10.2 Å². The molecule has 0 saturated heterocycles. The topological polar surface area (TPSA) is 78.3 Å². The maximum Gasteiger partial charge on any atom is 0.348 e. The number of esters is 1. The fourth-order valence-corrected chi connectivity index (χ4v) is 4.75. The van der Waals surface area contributed by atoms with E-state index in [1.807, 2.05) is 6.07 Å². The summed E-state index contributed by atoms with van der Waals surface area (Å²) in [5.41, 5.74) is 0.799. The molecule has 0 unspecified atom stereocenters. The highest BCUT2D eigenvalue weighted by atomic mass is 32.1. The standard InChI is InChI=1S/C22H22N2O4S/c1-14-18-20(29-19(14)22(27)28-16-10-6-3-7-11-16)23-13-24(21(18)26)12-17(25)15-8-4-2-5-9-15/h2,4-5,8-9,13,16H,3,6-7,10-12H2,1H3. The fraction of sp³-hybridized carbons (Fsp3) is 0.364. The maximum absolute atomic E-state index is 13.0. The van der Waals surface area contributed by atoms with Gasteiger partial charge < -0.3 is 4.74 Å². The number of carbonyl (C=O) groups excluding carboxylic acids is 2. The molecule has 4 rings (SSSR count). The number of hydrogen-bond acceptors (Lipinski definition) is 6. The first-order chi connectivity index (χ1) is 14.0. The number of fused-ring (bicyclic) bond motifs is 1. The second-order valence-corrected chi connectivity index (χ2v) is 8.37. The summed E-state index contributed by atoms with van der Waals surface area (Å²) in [4.78, 5) is 43.3. The molecule has 2 aromatic heterocycles. The molecule has 0 aliphatic heterocycles. The van der Waals surface area contributed by atoms with Gasteiger partial charge >= 0.3 is 5.97 Å². The van der Waals surface area contributed by atoms with Crippen molar-refractivity contribution in [3.63, 3.8) is 0 Å². The lowest BCUT2D eigenvalue weighted by atomic mass is 9.98. The molecule has 7 heteroatoms. The Labute approximate surface area is 172 Å². The van der Waals surface area contributed by atoms with Gasteiger partial charge in [-0.05, 0) is 38.2 Å². The molecule has 0 bridgehead atoms. The van der Waals surface area contributed by atoms with Crippen molar-refractivity contribution in [2.75, 3.05) is 0 Å². The van der Waals surface area contributed by atoms with Gasteiger partial charge in [-0.25, -0.2) is 9.78 Å². The Bertz CT molecular complexity index is 1110. The molecule has 1 aliphatic rings. The molecule has 0 amide bonds. The van der Waals surface area contributed by atoms with Crippen LogP contribution < -0.4 is 5.56 Å². The van der Waals surface area contributed by atoms with E-state index in [0.717, 1.165) is 25.7 Å². The molecule has 0 N–H and O–H groups in total. The van der Waals surface area contributed by atoms with Gasteiger partial charge in [0.2, 0.25) is 0 Å². The van der Waals surface area contributed by atoms with Crippen molar-refractivity contribution in [2.24, 2.45) is 0 Å². The summed E-state index contributed by atoms with van der Waals surface area (Å²) in [6, 6.07) is 8.83. The van der Waals surface area contributed by atoms with Crippen LogP contribution in [0.4, 0.5) is 0 Å². The third-order valence-corrected chi connectivity index (χ3v) is 6.52. The molecule has 150 valence electrons. The van der Waals surface area contributed by atoms with Gasteiger partial charge in [-0.2, -0.15) is 0 Å². The minimum Gasteiger partial charge on any atom is -0.458 e. The van der Waals surface area contributed by atoms with Crippen molar-refractivity contribution < 1.29 is 14.3 Å².